The second kappa shape index (κ2) is 7.70. The molecule has 0 aliphatic heterocycles. The van der Waals surface area contributed by atoms with Crippen molar-refractivity contribution in [2.24, 2.45) is 11.8 Å². The lowest BCUT2D eigenvalue weighted by Crippen LogP contribution is -2.46. The van der Waals surface area contributed by atoms with Crippen LogP contribution in [0.25, 0.3) is 22.6 Å². The van der Waals surface area contributed by atoms with Crippen LogP contribution in [0, 0.1) is 35.9 Å². The van der Waals surface area contributed by atoms with Gasteiger partial charge in [-0.1, -0.05) is 32.1 Å². The maximum Gasteiger partial charge on any atom is 0.176 e. The molecule has 3 atom stereocenters. The molecule has 2 aliphatic rings. The average molecular weight is 439 g/mol. The number of ketones is 1. The largest absolute Gasteiger partial charge is 0.293 e. The zero-order chi connectivity index (χ0) is 23.3. The second-order valence-electron chi connectivity index (χ2n) is 9.20. The predicted octanol–water partition coefficient (Wildman–Crippen LogP) is 5.14. The fourth-order valence-corrected chi connectivity index (χ4v) is 5.46. The van der Waals surface area contributed by atoms with Crippen molar-refractivity contribution in [1.82, 2.24) is 15.0 Å². The highest BCUT2D eigenvalue weighted by Crippen LogP contribution is 2.51. The van der Waals surface area contributed by atoms with Crippen LogP contribution in [0.3, 0.4) is 0 Å². The van der Waals surface area contributed by atoms with Gasteiger partial charge in [0.25, 0.3) is 0 Å². The van der Waals surface area contributed by atoms with Gasteiger partial charge in [-0.25, -0.2) is 14.4 Å². The van der Waals surface area contributed by atoms with Crippen LogP contribution in [0.1, 0.15) is 37.1 Å². The number of halogens is 1. The van der Waals surface area contributed by atoms with Crippen molar-refractivity contribution in [1.29, 1.82) is 5.26 Å². The van der Waals surface area contributed by atoms with Gasteiger partial charge >= 0.3 is 0 Å². The van der Waals surface area contributed by atoms with E-state index in [0.29, 0.717) is 23.5 Å². The molecule has 2 heterocycles. The number of hydrogen-bond acceptors (Lipinski definition) is 5. The van der Waals surface area contributed by atoms with E-state index < -0.39 is 5.41 Å². The van der Waals surface area contributed by atoms with Gasteiger partial charge in [-0.05, 0) is 49.4 Å². The molecule has 5 rings (SSSR count). The van der Waals surface area contributed by atoms with Crippen LogP contribution in [0.5, 0.6) is 0 Å². The van der Waals surface area contributed by atoms with Crippen molar-refractivity contribution in [3.8, 4) is 28.7 Å². The number of benzene rings is 1. The summed E-state index contributed by atoms with van der Waals surface area (Å²) in [5.41, 5.74) is 3.85. The smallest absolute Gasteiger partial charge is 0.176 e. The van der Waals surface area contributed by atoms with Crippen molar-refractivity contribution >= 4 is 5.78 Å². The number of rotatable bonds is 2. The summed E-state index contributed by atoms with van der Waals surface area (Å²) in [5, 5.41) is 9.63. The molecular weight excluding hydrogens is 415 g/mol. The molecule has 1 aromatic carbocycles. The normalized spacial score (nSPS) is 23.8. The Morgan fingerprint density at radius 1 is 1.21 bits per heavy atom. The zero-order valence-corrected chi connectivity index (χ0v) is 18.8. The molecule has 2 aliphatic carbocycles. The van der Waals surface area contributed by atoms with Crippen LogP contribution in [0.2, 0.25) is 0 Å². The number of allylic oxidation sites excluding steroid dienone is 2. The molecule has 0 spiro atoms. The number of nitrogens with zero attached hydrogens (tertiary/aromatic N) is 4. The van der Waals surface area contributed by atoms with Gasteiger partial charge in [-0.2, -0.15) is 5.26 Å². The Morgan fingerprint density at radius 3 is 2.73 bits per heavy atom. The van der Waals surface area contributed by atoms with Gasteiger partial charge in [-0.15, -0.1) is 0 Å². The number of nitriles is 1. The van der Waals surface area contributed by atoms with Gasteiger partial charge in [0.05, 0.1) is 17.0 Å². The van der Waals surface area contributed by atoms with E-state index in [0.717, 1.165) is 28.8 Å². The summed E-state index contributed by atoms with van der Waals surface area (Å²) in [4.78, 5) is 26.8. The molecule has 5 nitrogen and oxygen atoms in total. The number of Topliss-reactive ketones (excluding diaryl/α,β-unsaturated/α-hetero) is 1. The van der Waals surface area contributed by atoms with E-state index in [1.807, 2.05) is 26.8 Å². The molecule has 0 saturated carbocycles. The Morgan fingerprint density at radius 2 is 2.00 bits per heavy atom. The fourth-order valence-electron chi connectivity index (χ4n) is 5.46. The Hall–Kier alpha value is -3.72. The first-order valence-corrected chi connectivity index (χ1v) is 11.1. The predicted molar refractivity (Wildman–Crippen MR) is 122 cm³/mol. The molecule has 0 radical (unpaired) electrons. The molecule has 0 fully saturated rings. The zero-order valence-electron chi connectivity index (χ0n) is 18.8. The minimum atomic E-state index is -0.638. The summed E-state index contributed by atoms with van der Waals surface area (Å²) >= 11 is 0. The lowest BCUT2D eigenvalue weighted by molar-refractivity contribution is -0.121. The number of hydrogen-bond donors (Lipinski definition) is 0. The average Bonchev–Trinajstić information content (AvgIpc) is 2.81. The van der Waals surface area contributed by atoms with Crippen molar-refractivity contribution in [2.75, 3.05) is 0 Å². The van der Waals surface area contributed by atoms with Crippen LogP contribution in [-0.4, -0.2) is 20.7 Å². The summed E-state index contributed by atoms with van der Waals surface area (Å²) in [5.74, 6) is -0.295. The number of carbonyl (C=O) groups is 1. The van der Waals surface area contributed by atoms with Crippen LogP contribution < -0.4 is 0 Å². The standard InChI is InChI=1S/C27H23FN4O/c1-15-10-17(14-30-13-15)26-31-23(19-6-4-5-7-22(19)28)20-8-9-21-16(2)24(33)18(12-29)11-27(21,3)25(20)32-26/h4-7,10-11,13-14,16,21H,8-9H2,1-3H3/t16-,21-,27-/m1/s1. The number of aryl methyl sites for hydroxylation is 1. The monoisotopic (exact) mass is 438 g/mol. The number of carbonyl (C=O) groups excluding carboxylic acids is 1. The summed E-state index contributed by atoms with van der Waals surface area (Å²) in [6, 6.07) is 10.6. The summed E-state index contributed by atoms with van der Waals surface area (Å²) < 4.78 is 14.9. The van der Waals surface area contributed by atoms with Gasteiger partial charge in [0.1, 0.15) is 11.9 Å². The van der Waals surface area contributed by atoms with E-state index in [1.54, 1.807) is 36.7 Å². The van der Waals surface area contributed by atoms with E-state index in [-0.39, 0.29) is 29.0 Å². The first-order valence-electron chi connectivity index (χ1n) is 11.1. The van der Waals surface area contributed by atoms with E-state index in [2.05, 4.69) is 11.1 Å². The number of aromatic nitrogens is 3. The fraction of sp³-hybridized carbons (Fsp3) is 0.296. The van der Waals surface area contributed by atoms with Crippen molar-refractivity contribution in [3.63, 3.8) is 0 Å². The Labute approximate surface area is 192 Å². The van der Waals surface area contributed by atoms with Crippen LogP contribution >= 0.6 is 0 Å². The maximum atomic E-state index is 14.9. The molecule has 3 aromatic rings. The van der Waals surface area contributed by atoms with Gasteiger partial charge in [0.15, 0.2) is 11.6 Å². The van der Waals surface area contributed by atoms with Crippen molar-refractivity contribution < 1.29 is 9.18 Å². The Balaban J connectivity index is 1.84. The maximum absolute atomic E-state index is 14.9. The highest BCUT2D eigenvalue weighted by Gasteiger charge is 2.49. The van der Waals surface area contributed by atoms with Crippen LogP contribution in [-0.2, 0) is 16.6 Å². The van der Waals surface area contributed by atoms with Gasteiger partial charge in [0.2, 0.25) is 0 Å². The Bertz CT molecular complexity index is 1370. The minimum Gasteiger partial charge on any atom is -0.293 e. The quantitative estimate of drug-likeness (QED) is 0.553. The van der Waals surface area contributed by atoms with E-state index in [4.69, 9.17) is 9.97 Å². The molecule has 164 valence electrons. The van der Waals surface area contributed by atoms with Crippen molar-refractivity contribution in [3.05, 3.63) is 77.0 Å². The molecule has 0 N–H and O–H groups in total. The van der Waals surface area contributed by atoms with Crippen LogP contribution in [0.4, 0.5) is 4.39 Å². The first kappa shape index (κ1) is 21.1. The van der Waals surface area contributed by atoms with E-state index in [9.17, 15) is 14.4 Å². The van der Waals surface area contributed by atoms with E-state index in [1.165, 1.54) is 6.07 Å². The SMILES string of the molecule is Cc1cncc(-c2nc(-c3ccccc3F)c3c(n2)[C@]2(C)C=C(C#N)C(=O)[C@H](C)[C@H]2CC3)c1. The molecule has 0 amide bonds. The summed E-state index contributed by atoms with van der Waals surface area (Å²) in [6.07, 6.45) is 6.61. The lowest BCUT2D eigenvalue weighted by atomic mass is 9.57. The van der Waals surface area contributed by atoms with Gasteiger partial charge in [-0.3, -0.25) is 9.78 Å². The molecule has 0 saturated heterocycles. The summed E-state index contributed by atoms with van der Waals surface area (Å²) in [6.45, 7) is 5.87. The van der Waals surface area contributed by atoms with Gasteiger partial charge < -0.3 is 0 Å². The molecule has 0 bridgehead atoms. The molecule has 0 unspecified atom stereocenters. The molecular formula is C27H23FN4O. The molecule has 33 heavy (non-hydrogen) atoms. The third-order valence-corrected chi connectivity index (χ3v) is 7.10. The number of fused-ring (bicyclic) bond motifs is 3. The van der Waals surface area contributed by atoms with Crippen LogP contribution in [0.15, 0.2) is 54.4 Å². The number of pyridine rings is 1. The summed E-state index contributed by atoms with van der Waals surface area (Å²) in [7, 11) is 0. The first-order chi connectivity index (χ1) is 15.8. The second-order valence-corrected chi connectivity index (χ2v) is 9.20. The lowest BCUT2D eigenvalue weighted by Gasteiger charge is -2.45. The molecule has 2 aromatic heterocycles. The Kier molecular flexibility index (Phi) is 4.93. The van der Waals surface area contributed by atoms with E-state index >= 15 is 0 Å². The highest BCUT2D eigenvalue weighted by molar-refractivity contribution is 6.02. The third kappa shape index (κ3) is 3.27. The molecule has 6 heteroatoms. The minimum absolute atomic E-state index is 0.00135. The topological polar surface area (TPSA) is 79.5 Å². The van der Waals surface area contributed by atoms with Gasteiger partial charge in [0, 0.05) is 40.4 Å². The third-order valence-electron chi connectivity index (χ3n) is 7.10. The highest BCUT2D eigenvalue weighted by atomic mass is 19.1. The van der Waals surface area contributed by atoms with Crippen molar-refractivity contribution in [2.45, 2.75) is 39.0 Å².